The molecule has 2 aliphatic heterocycles. The fraction of sp³-hybridized carbons (Fsp3) is 0.385. The van der Waals surface area contributed by atoms with Crippen molar-refractivity contribution >= 4 is 51.0 Å². The highest BCUT2D eigenvalue weighted by atomic mass is 35.5. The standard InChI is InChI=1S/C26H30ClN5O2S/c27-18-5-3-17(4-6-18)23(34)24-25(28)31-26(35-24)30-19-7-9-20(10-8-19)32(15-1-2-22(33)16-32)21-11-13-29-14-12-21/h3-10,21-22,29,33H,1-2,11-16H2,(H2-,28,30,31,34)/p+1. The number of rotatable bonds is 6. The van der Waals surface area contributed by atoms with E-state index in [1.807, 2.05) is 0 Å². The minimum Gasteiger partial charge on any atom is -0.387 e. The quantitative estimate of drug-likeness (QED) is 0.285. The topological polar surface area (TPSA) is 100 Å². The summed E-state index contributed by atoms with van der Waals surface area (Å²) in [6.45, 7) is 3.90. The van der Waals surface area contributed by atoms with Crippen molar-refractivity contribution in [3.8, 4) is 0 Å². The highest BCUT2D eigenvalue weighted by molar-refractivity contribution is 7.18. The molecule has 2 saturated heterocycles. The number of aromatic nitrogens is 1. The first-order chi connectivity index (χ1) is 16.9. The molecule has 0 bridgehead atoms. The Labute approximate surface area is 214 Å². The lowest BCUT2D eigenvalue weighted by atomic mass is 9.94. The normalized spacial score (nSPS) is 23.2. The minimum atomic E-state index is -0.258. The van der Waals surface area contributed by atoms with E-state index in [9.17, 15) is 9.90 Å². The number of nitrogens with two attached hydrogens (primary N) is 1. The average molecular weight is 513 g/mol. The molecular formula is C26H31ClN5O2S+. The fourth-order valence-corrected chi connectivity index (χ4v) is 6.48. The maximum absolute atomic E-state index is 12.9. The van der Waals surface area contributed by atoms with Crippen LogP contribution in [0.5, 0.6) is 0 Å². The number of aliphatic hydroxyl groups excluding tert-OH is 1. The number of thiazole rings is 1. The van der Waals surface area contributed by atoms with Crippen LogP contribution in [-0.4, -0.2) is 54.2 Å². The molecule has 2 unspecified atom stereocenters. The minimum absolute atomic E-state index is 0.169. The van der Waals surface area contributed by atoms with E-state index < -0.39 is 0 Å². The van der Waals surface area contributed by atoms with Crippen LogP contribution in [0.15, 0.2) is 48.5 Å². The van der Waals surface area contributed by atoms with Crippen molar-refractivity contribution in [1.29, 1.82) is 0 Å². The van der Waals surface area contributed by atoms with Crippen molar-refractivity contribution < 1.29 is 9.90 Å². The SMILES string of the molecule is Nc1nc(Nc2ccc([N+]3(C4CCNCC4)CCCC(O)C3)cc2)sc1C(=O)c1ccc(Cl)cc1. The Balaban J connectivity index is 1.35. The Bertz CT molecular complexity index is 1180. The number of anilines is 3. The number of likely N-dealkylation sites (tertiary alicyclic amines) is 1. The molecule has 0 amide bonds. The molecule has 35 heavy (non-hydrogen) atoms. The van der Waals surface area contributed by atoms with Gasteiger partial charge in [0.05, 0.1) is 12.6 Å². The van der Waals surface area contributed by atoms with Crippen molar-refractivity contribution in [2.75, 3.05) is 37.2 Å². The number of carbonyl (C=O) groups excluding carboxylic acids is 1. The van der Waals surface area contributed by atoms with Crippen LogP contribution in [0.3, 0.4) is 0 Å². The number of ketones is 1. The zero-order chi connectivity index (χ0) is 24.4. The van der Waals surface area contributed by atoms with E-state index in [4.69, 9.17) is 17.3 Å². The summed E-state index contributed by atoms with van der Waals surface area (Å²) in [7, 11) is 0. The summed E-state index contributed by atoms with van der Waals surface area (Å²) in [5, 5.41) is 18.5. The van der Waals surface area contributed by atoms with Crippen molar-refractivity contribution in [2.24, 2.45) is 0 Å². The van der Waals surface area contributed by atoms with Gasteiger partial charge in [0.15, 0.2) is 5.13 Å². The van der Waals surface area contributed by atoms with E-state index in [0.717, 1.165) is 62.0 Å². The van der Waals surface area contributed by atoms with E-state index in [0.29, 0.717) is 26.6 Å². The third kappa shape index (κ3) is 5.08. The van der Waals surface area contributed by atoms with Crippen LogP contribution < -0.4 is 20.9 Å². The maximum Gasteiger partial charge on any atom is 0.206 e. The largest absolute Gasteiger partial charge is 0.387 e. The van der Waals surface area contributed by atoms with Gasteiger partial charge in [-0.2, -0.15) is 0 Å². The molecule has 2 aliphatic rings. The number of quaternary nitrogens is 1. The molecule has 2 atom stereocenters. The molecule has 3 heterocycles. The van der Waals surface area contributed by atoms with Crippen LogP contribution in [0.4, 0.5) is 22.3 Å². The third-order valence-electron chi connectivity index (χ3n) is 7.24. The van der Waals surface area contributed by atoms with Crippen molar-refractivity contribution in [3.63, 3.8) is 0 Å². The van der Waals surface area contributed by atoms with Gasteiger partial charge in [0.2, 0.25) is 5.78 Å². The zero-order valence-electron chi connectivity index (χ0n) is 19.5. The molecule has 0 radical (unpaired) electrons. The lowest BCUT2D eigenvalue weighted by Gasteiger charge is -2.49. The van der Waals surface area contributed by atoms with Crippen LogP contribution in [0.25, 0.3) is 0 Å². The zero-order valence-corrected chi connectivity index (χ0v) is 21.1. The van der Waals surface area contributed by atoms with Crippen molar-refractivity contribution in [1.82, 2.24) is 14.8 Å². The van der Waals surface area contributed by atoms with E-state index in [1.54, 1.807) is 24.3 Å². The highest BCUT2D eigenvalue weighted by Gasteiger charge is 2.43. The first-order valence-electron chi connectivity index (χ1n) is 12.1. The van der Waals surface area contributed by atoms with E-state index in [-0.39, 0.29) is 17.7 Å². The third-order valence-corrected chi connectivity index (χ3v) is 8.47. The van der Waals surface area contributed by atoms with Gasteiger partial charge in [-0.1, -0.05) is 22.9 Å². The van der Waals surface area contributed by atoms with Gasteiger partial charge < -0.3 is 21.5 Å². The Morgan fingerprint density at radius 1 is 1.11 bits per heavy atom. The van der Waals surface area contributed by atoms with Crippen molar-refractivity contribution in [2.45, 2.75) is 37.8 Å². The predicted octanol–water partition coefficient (Wildman–Crippen LogP) is 4.57. The number of nitrogens with one attached hydrogen (secondary N) is 2. The Morgan fingerprint density at radius 2 is 1.83 bits per heavy atom. The molecular weight excluding hydrogens is 482 g/mol. The molecule has 5 rings (SSSR count). The predicted molar refractivity (Wildman–Crippen MR) is 144 cm³/mol. The van der Waals surface area contributed by atoms with Crippen LogP contribution in [-0.2, 0) is 0 Å². The number of hydrogen-bond donors (Lipinski definition) is 4. The molecule has 184 valence electrons. The summed E-state index contributed by atoms with van der Waals surface area (Å²) in [4.78, 5) is 17.6. The summed E-state index contributed by atoms with van der Waals surface area (Å²) < 4.78 is 0.854. The number of hydrogen-bond acceptors (Lipinski definition) is 7. The summed E-state index contributed by atoms with van der Waals surface area (Å²) in [6.07, 6.45) is 3.90. The van der Waals surface area contributed by atoms with Gasteiger partial charge in [0, 0.05) is 54.3 Å². The van der Waals surface area contributed by atoms with Gasteiger partial charge >= 0.3 is 0 Å². The maximum atomic E-state index is 12.9. The monoisotopic (exact) mass is 512 g/mol. The number of nitrogens with zero attached hydrogens (tertiary/aromatic N) is 2. The smallest absolute Gasteiger partial charge is 0.206 e. The van der Waals surface area contributed by atoms with Crippen molar-refractivity contribution in [3.05, 3.63) is 64.0 Å². The summed E-state index contributed by atoms with van der Waals surface area (Å²) >= 11 is 7.18. The first-order valence-corrected chi connectivity index (χ1v) is 13.3. The summed E-state index contributed by atoms with van der Waals surface area (Å²) in [5.41, 5.74) is 8.74. The van der Waals surface area contributed by atoms with Gasteiger partial charge in [-0.3, -0.25) is 9.28 Å². The molecule has 3 aromatic rings. The van der Waals surface area contributed by atoms with Crippen LogP contribution in [0.1, 0.15) is 40.9 Å². The molecule has 5 N–H and O–H groups in total. The molecule has 7 nitrogen and oxygen atoms in total. The molecule has 1 aromatic heterocycles. The second kappa shape index (κ2) is 10.2. The van der Waals surface area contributed by atoms with Gasteiger partial charge in [0.25, 0.3) is 0 Å². The van der Waals surface area contributed by atoms with Crippen LogP contribution in [0.2, 0.25) is 5.02 Å². The molecule has 0 saturated carbocycles. The number of benzene rings is 2. The lowest BCUT2D eigenvalue weighted by molar-refractivity contribution is 0.0418. The lowest BCUT2D eigenvalue weighted by Crippen LogP contribution is -2.64. The number of piperidine rings is 2. The van der Waals surface area contributed by atoms with Gasteiger partial charge in [0.1, 0.15) is 29.0 Å². The second-order valence-electron chi connectivity index (χ2n) is 9.46. The van der Waals surface area contributed by atoms with Gasteiger partial charge in [-0.15, -0.1) is 0 Å². The van der Waals surface area contributed by atoms with Crippen LogP contribution >= 0.6 is 22.9 Å². The Morgan fingerprint density at radius 3 is 2.51 bits per heavy atom. The summed E-state index contributed by atoms with van der Waals surface area (Å²) in [5.74, 6) is 0.0453. The van der Waals surface area contributed by atoms with E-state index in [1.165, 1.54) is 17.0 Å². The first kappa shape index (κ1) is 24.2. The number of carbonyl (C=O) groups is 1. The molecule has 9 heteroatoms. The van der Waals surface area contributed by atoms with E-state index >= 15 is 0 Å². The number of nitrogen functional groups attached to an aromatic ring is 1. The van der Waals surface area contributed by atoms with E-state index in [2.05, 4.69) is 39.9 Å². The molecule has 0 spiro atoms. The molecule has 0 aliphatic carbocycles. The summed E-state index contributed by atoms with van der Waals surface area (Å²) in [6, 6.07) is 15.7. The highest BCUT2D eigenvalue weighted by Crippen LogP contribution is 2.36. The Kier molecular flexibility index (Phi) is 7.09. The Hall–Kier alpha value is -2.49. The van der Waals surface area contributed by atoms with Gasteiger partial charge in [-0.05, 0) is 49.2 Å². The van der Waals surface area contributed by atoms with Crippen LogP contribution in [0, 0.1) is 0 Å². The van der Waals surface area contributed by atoms with Gasteiger partial charge in [-0.25, -0.2) is 4.98 Å². The molecule has 2 fully saturated rings. The average Bonchev–Trinajstić information content (AvgIpc) is 3.24. The molecule has 2 aromatic carbocycles. The fourth-order valence-electron chi connectivity index (χ4n) is 5.49. The number of halogens is 1. The second-order valence-corrected chi connectivity index (χ2v) is 10.9. The number of aliphatic hydroxyl groups is 1.